The molecule has 96 valence electrons. The zero-order valence-corrected chi connectivity index (χ0v) is 12.2. The number of hydrogen-bond acceptors (Lipinski definition) is 4. The molecule has 0 amide bonds. The monoisotopic (exact) mass is 289 g/mol. The predicted octanol–water partition coefficient (Wildman–Crippen LogP) is 4.53. The smallest absolute Gasteiger partial charge is 0.162 e. The molecule has 0 N–H and O–H groups in total. The molecule has 3 nitrogen and oxygen atoms in total. The normalized spacial score (nSPS) is 11.4. The van der Waals surface area contributed by atoms with Gasteiger partial charge in [0, 0.05) is 17.5 Å². The summed E-state index contributed by atoms with van der Waals surface area (Å²) in [5.74, 6) is 0.955. The Morgan fingerprint density at radius 1 is 1.21 bits per heavy atom. The molecule has 19 heavy (non-hydrogen) atoms. The Labute approximate surface area is 120 Å². The van der Waals surface area contributed by atoms with Crippen molar-refractivity contribution in [1.29, 1.82) is 0 Å². The van der Waals surface area contributed by atoms with Gasteiger partial charge in [-0.3, -0.25) is 4.98 Å². The maximum Gasteiger partial charge on any atom is 0.162 e. The van der Waals surface area contributed by atoms with Crippen molar-refractivity contribution in [2.24, 2.45) is 0 Å². The zero-order chi connectivity index (χ0) is 13.4. The number of thiophene rings is 1. The summed E-state index contributed by atoms with van der Waals surface area (Å²) >= 11 is 7.73. The quantitative estimate of drug-likeness (QED) is 0.651. The summed E-state index contributed by atoms with van der Waals surface area (Å²) < 4.78 is 1.13. The lowest BCUT2D eigenvalue weighted by Crippen LogP contribution is -1.98. The van der Waals surface area contributed by atoms with Crippen LogP contribution in [-0.4, -0.2) is 15.0 Å². The minimum atomic E-state index is 0.317. The van der Waals surface area contributed by atoms with E-state index in [9.17, 15) is 0 Å². The maximum absolute atomic E-state index is 6.07. The second-order valence-electron chi connectivity index (χ2n) is 4.62. The van der Waals surface area contributed by atoms with Crippen LogP contribution in [0.25, 0.3) is 21.6 Å². The number of nitrogens with zero attached hydrogens (tertiary/aromatic N) is 3. The largest absolute Gasteiger partial charge is 0.255 e. The summed E-state index contributed by atoms with van der Waals surface area (Å²) in [6, 6.07) is 5.87. The average molecular weight is 290 g/mol. The van der Waals surface area contributed by atoms with Gasteiger partial charge in [-0.05, 0) is 29.5 Å². The summed E-state index contributed by atoms with van der Waals surface area (Å²) in [4.78, 5) is 13.3. The molecule has 3 heterocycles. The summed E-state index contributed by atoms with van der Waals surface area (Å²) in [5, 5.41) is 2.50. The first-order valence-electron chi connectivity index (χ1n) is 6.01. The first-order chi connectivity index (χ1) is 9.13. The van der Waals surface area contributed by atoms with Crippen LogP contribution in [-0.2, 0) is 0 Å². The van der Waals surface area contributed by atoms with E-state index in [4.69, 9.17) is 11.6 Å². The van der Waals surface area contributed by atoms with Crippen LogP contribution in [0.15, 0.2) is 29.8 Å². The summed E-state index contributed by atoms with van der Waals surface area (Å²) in [7, 11) is 0. The van der Waals surface area contributed by atoms with Gasteiger partial charge in [0.05, 0.1) is 10.2 Å². The van der Waals surface area contributed by atoms with Gasteiger partial charge in [0.1, 0.15) is 5.15 Å². The van der Waals surface area contributed by atoms with Crippen LogP contribution in [0.1, 0.15) is 25.5 Å². The average Bonchev–Trinajstić information content (AvgIpc) is 2.85. The van der Waals surface area contributed by atoms with Gasteiger partial charge < -0.3 is 0 Å². The molecule has 0 radical (unpaired) electrons. The van der Waals surface area contributed by atoms with Gasteiger partial charge in [0.25, 0.3) is 0 Å². The molecule has 3 aromatic heterocycles. The van der Waals surface area contributed by atoms with E-state index in [1.165, 1.54) is 0 Å². The van der Waals surface area contributed by atoms with E-state index in [2.05, 4.69) is 34.9 Å². The summed E-state index contributed by atoms with van der Waals surface area (Å²) in [6.45, 7) is 4.17. The van der Waals surface area contributed by atoms with E-state index < -0.39 is 0 Å². The van der Waals surface area contributed by atoms with Crippen molar-refractivity contribution in [1.82, 2.24) is 15.0 Å². The van der Waals surface area contributed by atoms with Gasteiger partial charge in [-0.2, -0.15) is 0 Å². The van der Waals surface area contributed by atoms with Crippen LogP contribution >= 0.6 is 22.9 Å². The number of aromatic nitrogens is 3. The van der Waals surface area contributed by atoms with E-state index in [0.717, 1.165) is 21.5 Å². The first kappa shape index (κ1) is 12.5. The van der Waals surface area contributed by atoms with Crippen LogP contribution in [0.2, 0.25) is 5.15 Å². The number of fused-ring (bicyclic) bond motifs is 1. The Morgan fingerprint density at radius 3 is 2.84 bits per heavy atom. The molecule has 0 bridgehead atoms. The molecule has 0 aliphatic heterocycles. The highest BCUT2D eigenvalue weighted by atomic mass is 35.5. The fourth-order valence-corrected chi connectivity index (χ4v) is 2.80. The Kier molecular flexibility index (Phi) is 3.21. The van der Waals surface area contributed by atoms with Gasteiger partial charge in [0.2, 0.25) is 0 Å². The molecule has 0 saturated carbocycles. The minimum absolute atomic E-state index is 0.317. The van der Waals surface area contributed by atoms with Crippen molar-refractivity contribution >= 4 is 33.2 Å². The van der Waals surface area contributed by atoms with Crippen LogP contribution in [0.4, 0.5) is 0 Å². The van der Waals surface area contributed by atoms with Crippen molar-refractivity contribution < 1.29 is 0 Å². The Morgan fingerprint density at radius 2 is 2.05 bits per heavy atom. The van der Waals surface area contributed by atoms with Crippen molar-refractivity contribution in [2.75, 3.05) is 0 Å². The molecular weight excluding hydrogens is 278 g/mol. The van der Waals surface area contributed by atoms with E-state index >= 15 is 0 Å². The SMILES string of the molecule is CC(C)c1cc(Cl)nc(-c2cnc3ccsc3c2)n1. The maximum atomic E-state index is 6.07. The van der Waals surface area contributed by atoms with E-state index in [0.29, 0.717) is 16.9 Å². The zero-order valence-electron chi connectivity index (χ0n) is 10.6. The molecule has 5 heteroatoms. The molecule has 3 rings (SSSR count). The Balaban J connectivity index is 2.14. The highest BCUT2D eigenvalue weighted by Gasteiger charge is 2.10. The molecule has 0 unspecified atom stereocenters. The lowest BCUT2D eigenvalue weighted by Gasteiger charge is -2.07. The molecule has 3 aromatic rings. The molecule has 0 aliphatic carbocycles. The standard InChI is InChI=1S/C14H12ClN3S/c1-8(2)11-6-13(15)18-14(17-11)9-5-12-10(16-7-9)3-4-19-12/h3-8H,1-2H3. The summed E-state index contributed by atoms with van der Waals surface area (Å²) in [6.07, 6.45) is 1.80. The Bertz CT molecular complexity index is 736. The van der Waals surface area contributed by atoms with Crippen LogP contribution in [0.3, 0.4) is 0 Å². The predicted molar refractivity (Wildman–Crippen MR) is 79.7 cm³/mol. The molecule has 0 fully saturated rings. The number of halogens is 1. The molecule has 0 aromatic carbocycles. The minimum Gasteiger partial charge on any atom is -0.255 e. The van der Waals surface area contributed by atoms with Gasteiger partial charge in [0.15, 0.2) is 5.82 Å². The fraction of sp³-hybridized carbons (Fsp3) is 0.214. The van der Waals surface area contributed by atoms with Gasteiger partial charge in [-0.15, -0.1) is 11.3 Å². The molecule has 0 spiro atoms. The molecule has 0 atom stereocenters. The van der Waals surface area contributed by atoms with E-state index in [-0.39, 0.29) is 0 Å². The van der Waals surface area contributed by atoms with Crippen LogP contribution in [0, 0.1) is 0 Å². The van der Waals surface area contributed by atoms with Crippen molar-refractivity contribution in [2.45, 2.75) is 19.8 Å². The molecular formula is C14H12ClN3S. The van der Waals surface area contributed by atoms with Crippen molar-refractivity contribution in [3.05, 3.63) is 40.6 Å². The lowest BCUT2D eigenvalue weighted by atomic mass is 10.1. The van der Waals surface area contributed by atoms with Crippen molar-refractivity contribution in [3.63, 3.8) is 0 Å². The van der Waals surface area contributed by atoms with Crippen molar-refractivity contribution in [3.8, 4) is 11.4 Å². The lowest BCUT2D eigenvalue weighted by molar-refractivity contribution is 0.817. The number of pyridine rings is 1. The third-order valence-electron chi connectivity index (χ3n) is 2.87. The van der Waals surface area contributed by atoms with Gasteiger partial charge >= 0.3 is 0 Å². The third-order valence-corrected chi connectivity index (χ3v) is 3.91. The molecule has 0 saturated heterocycles. The molecule has 0 aliphatic rings. The Hall–Kier alpha value is -1.52. The second-order valence-corrected chi connectivity index (χ2v) is 5.96. The third kappa shape index (κ3) is 2.46. The first-order valence-corrected chi connectivity index (χ1v) is 7.27. The van der Waals surface area contributed by atoms with Crippen LogP contribution < -0.4 is 0 Å². The van der Waals surface area contributed by atoms with Crippen LogP contribution in [0.5, 0.6) is 0 Å². The topological polar surface area (TPSA) is 38.7 Å². The number of hydrogen-bond donors (Lipinski definition) is 0. The van der Waals surface area contributed by atoms with E-state index in [1.807, 2.05) is 17.5 Å². The van der Waals surface area contributed by atoms with E-state index in [1.54, 1.807) is 17.5 Å². The number of rotatable bonds is 2. The summed E-state index contributed by atoms with van der Waals surface area (Å²) in [5.41, 5.74) is 2.85. The highest BCUT2D eigenvalue weighted by molar-refractivity contribution is 7.17. The van der Waals surface area contributed by atoms with Gasteiger partial charge in [-0.1, -0.05) is 25.4 Å². The second kappa shape index (κ2) is 4.87. The highest BCUT2D eigenvalue weighted by Crippen LogP contribution is 2.26. The van der Waals surface area contributed by atoms with Gasteiger partial charge in [-0.25, -0.2) is 9.97 Å². The fourth-order valence-electron chi connectivity index (χ4n) is 1.83.